The van der Waals surface area contributed by atoms with Crippen molar-refractivity contribution in [2.45, 2.75) is 26.4 Å². The van der Waals surface area contributed by atoms with Gasteiger partial charge >= 0.3 is 6.36 Å². The summed E-state index contributed by atoms with van der Waals surface area (Å²) in [6.07, 6.45) is -4.66. The predicted molar refractivity (Wildman–Crippen MR) is 98.5 cm³/mol. The van der Waals surface area contributed by atoms with Crippen LogP contribution in [0, 0.1) is 24.7 Å². The molecule has 0 radical (unpaired) electrons. The standard InChI is InChI=1S/C20H25F3N4O/c1-13-6-15(26(2)25-13)10-27-11-18-17(19(18)12-27)9-24-8-14-4-3-5-16(7-14)28-20(21,22)23/h3-7,17-19,24H,8-12H2,1-2H3. The lowest BCUT2D eigenvalue weighted by atomic mass is 10.2. The van der Waals surface area contributed by atoms with Crippen molar-refractivity contribution < 1.29 is 17.9 Å². The lowest BCUT2D eigenvalue weighted by molar-refractivity contribution is -0.274. The maximum absolute atomic E-state index is 12.3. The second kappa shape index (κ2) is 7.40. The molecule has 4 rings (SSSR count). The molecule has 1 saturated carbocycles. The zero-order chi connectivity index (χ0) is 19.9. The van der Waals surface area contributed by atoms with Crippen LogP contribution in [0.2, 0.25) is 0 Å². The lowest BCUT2D eigenvalue weighted by Gasteiger charge is -2.19. The Labute approximate surface area is 162 Å². The number of nitrogens with one attached hydrogen (secondary N) is 1. The van der Waals surface area contributed by atoms with Gasteiger partial charge in [0.15, 0.2) is 0 Å². The van der Waals surface area contributed by atoms with Gasteiger partial charge in [0.1, 0.15) is 5.75 Å². The molecule has 0 bridgehead atoms. The fourth-order valence-corrected chi connectivity index (χ4v) is 4.45. The Morgan fingerprint density at radius 3 is 2.61 bits per heavy atom. The largest absolute Gasteiger partial charge is 0.573 e. The minimum Gasteiger partial charge on any atom is -0.406 e. The fraction of sp³-hybridized carbons (Fsp3) is 0.550. The molecule has 1 N–H and O–H groups in total. The highest BCUT2D eigenvalue weighted by Crippen LogP contribution is 2.51. The summed E-state index contributed by atoms with van der Waals surface area (Å²) in [5.74, 6) is 1.94. The SMILES string of the molecule is Cc1cc(CN2CC3C(CNCc4cccc(OC(F)(F)F)c4)C3C2)n(C)n1. The van der Waals surface area contributed by atoms with E-state index in [-0.39, 0.29) is 5.75 Å². The summed E-state index contributed by atoms with van der Waals surface area (Å²) >= 11 is 0. The number of piperidine rings is 1. The van der Waals surface area contributed by atoms with E-state index in [1.54, 1.807) is 6.07 Å². The van der Waals surface area contributed by atoms with E-state index in [0.29, 0.717) is 12.5 Å². The van der Waals surface area contributed by atoms with Crippen molar-refractivity contribution in [3.63, 3.8) is 0 Å². The van der Waals surface area contributed by atoms with E-state index in [1.807, 2.05) is 24.7 Å². The quantitative estimate of drug-likeness (QED) is 0.784. The summed E-state index contributed by atoms with van der Waals surface area (Å²) in [6, 6.07) is 8.29. The molecule has 152 valence electrons. The van der Waals surface area contributed by atoms with Gasteiger partial charge in [0.05, 0.1) is 11.4 Å². The first kappa shape index (κ1) is 19.3. The minimum atomic E-state index is -4.66. The summed E-state index contributed by atoms with van der Waals surface area (Å²) in [7, 11) is 1.99. The third-order valence-corrected chi connectivity index (χ3v) is 5.77. The Hall–Kier alpha value is -2.06. The van der Waals surface area contributed by atoms with Crippen LogP contribution in [-0.4, -0.2) is 40.7 Å². The van der Waals surface area contributed by atoms with E-state index in [4.69, 9.17) is 0 Å². The number of ether oxygens (including phenoxy) is 1. The van der Waals surface area contributed by atoms with E-state index in [0.717, 1.165) is 49.3 Å². The van der Waals surface area contributed by atoms with Gasteiger partial charge in [-0.25, -0.2) is 0 Å². The molecule has 1 saturated heterocycles. The molecule has 5 nitrogen and oxygen atoms in total. The molecule has 2 fully saturated rings. The minimum absolute atomic E-state index is 0.170. The van der Waals surface area contributed by atoms with Crippen LogP contribution < -0.4 is 10.1 Å². The van der Waals surface area contributed by atoms with E-state index >= 15 is 0 Å². The first-order valence-electron chi connectivity index (χ1n) is 9.56. The smallest absolute Gasteiger partial charge is 0.406 e. The summed E-state index contributed by atoms with van der Waals surface area (Å²) in [6.45, 7) is 6.61. The highest BCUT2D eigenvalue weighted by atomic mass is 19.4. The van der Waals surface area contributed by atoms with Gasteiger partial charge in [-0.1, -0.05) is 12.1 Å². The maximum atomic E-state index is 12.3. The van der Waals surface area contributed by atoms with Gasteiger partial charge in [0.25, 0.3) is 0 Å². The van der Waals surface area contributed by atoms with Gasteiger partial charge in [-0.3, -0.25) is 9.58 Å². The second-order valence-corrected chi connectivity index (χ2v) is 7.91. The molecule has 2 aromatic rings. The van der Waals surface area contributed by atoms with Crippen LogP contribution >= 0.6 is 0 Å². The molecule has 1 aliphatic heterocycles. The van der Waals surface area contributed by atoms with E-state index in [2.05, 4.69) is 26.1 Å². The van der Waals surface area contributed by atoms with Crippen LogP contribution in [0.25, 0.3) is 0 Å². The molecule has 2 atom stereocenters. The molecule has 1 aromatic heterocycles. The summed E-state index contributed by atoms with van der Waals surface area (Å²) in [5.41, 5.74) is 3.09. The Kier molecular flexibility index (Phi) is 5.09. The van der Waals surface area contributed by atoms with Crippen molar-refractivity contribution >= 4 is 0 Å². The third-order valence-electron chi connectivity index (χ3n) is 5.77. The number of likely N-dealkylation sites (tertiary alicyclic amines) is 1. The second-order valence-electron chi connectivity index (χ2n) is 7.91. The van der Waals surface area contributed by atoms with Crippen molar-refractivity contribution in [1.29, 1.82) is 0 Å². The molecule has 1 aliphatic carbocycles. The number of aryl methyl sites for hydroxylation is 2. The topological polar surface area (TPSA) is 42.3 Å². The molecule has 0 amide bonds. The highest BCUT2D eigenvalue weighted by Gasteiger charge is 2.54. The van der Waals surface area contributed by atoms with Crippen molar-refractivity contribution in [3.8, 4) is 5.75 Å². The number of alkyl halides is 3. The molecule has 1 aromatic carbocycles. The Bertz CT molecular complexity index is 823. The molecule has 8 heteroatoms. The van der Waals surface area contributed by atoms with Crippen LogP contribution in [0.15, 0.2) is 30.3 Å². The normalized spacial score (nSPS) is 24.4. The van der Waals surface area contributed by atoms with Gasteiger partial charge in [0, 0.05) is 33.2 Å². The Morgan fingerprint density at radius 1 is 1.21 bits per heavy atom. The molecule has 0 spiro atoms. The van der Waals surface area contributed by atoms with Crippen LogP contribution in [0.1, 0.15) is 17.0 Å². The summed E-state index contributed by atoms with van der Waals surface area (Å²) in [4.78, 5) is 2.49. The van der Waals surface area contributed by atoms with Crippen LogP contribution in [0.4, 0.5) is 13.2 Å². The average Bonchev–Trinajstić information content (AvgIpc) is 2.91. The Balaban J connectivity index is 1.19. The predicted octanol–water partition coefficient (Wildman–Crippen LogP) is 3.09. The molecule has 2 aliphatic rings. The van der Waals surface area contributed by atoms with Crippen LogP contribution in [-0.2, 0) is 20.1 Å². The fourth-order valence-electron chi connectivity index (χ4n) is 4.45. The number of nitrogens with zero attached hydrogens (tertiary/aromatic N) is 3. The van der Waals surface area contributed by atoms with E-state index < -0.39 is 6.36 Å². The van der Waals surface area contributed by atoms with Crippen molar-refractivity contribution in [3.05, 3.63) is 47.3 Å². The lowest BCUT2D eigenvalue weighted by Crippen LogP contribution is -2.28. The summed E-state index contributed by atoms with van der Waals surface area (Å²) < 4.78 is 42.9. The number of halogens is 3. The molecule has 2 heterocycles. The van der Waals surface area contributed by atoms with Crippen LogP contribution in [0.3, 0.4) is 0 Å². The number of aromatic nitrogens is 2. The number of fused-ring (bicyclic) bond motifs is 1. The van der Waals surface area contributed by atoms with Gasteiger partial charge in [-0.05, 0) is 55.0 Å². The number of benzene rings is 1. The van der Waals surface area contributed by atoms with Gasteiger partial charge in [-0.2, -0.15) is 5.10 Å². The number of rotatable bonds is 7. The monoisotopic (exact) mass is 394 g/mol. The summed E-state index contributed by atoms with van der Waals surface area (Å²) in [5, 5.41) is 7.79. The third kappa shape index (κ3) is 4.50. The van der Waals surface area contributed by atoms with E-state index in [1.165, 1.54) is 17.8 Å². The van der Waals surface area contributed by atoms with Crippen LogP contribution in [0.5, 0.6) is 5.75 Å². The maximum Gasteiger partial charge on any atom is 0.573 e. The Morgan fingerprint density at radius 2 is 1.96 bits per heavy atom. The zero-order valence-electron chi connectivity index (χ0n) is 16.0. The first-order valence-corrected chi connectivity index (χ1v) is 9.56. The highest BCUT2D eigenvalue weighted by molar-refractivity contribution is 5.28. The average molecular weight is 394 g/mol. The van der Waals surface area contributed by atoms with Gasteiger partial charge < -0.3 is 10.1 Å². The molecule has 2 unspecified atom stereocenters. The van der Waals surface area contributed by atoms with Crippen molar-refractivity contribution in [2.24, 2.45) is 24.8 Å². The van der Waals surface area contributed by atoms with Crippen molar-refractivity contribution in [2.75, 3.05) is 19.6 Å². The van der Waals surface area contributed by atoms with Gasteiger partial charge in [0.2, 0.25) is 0 Å². The van der Waals surface area contributed by atoms with E-state index in [9.17, 15) is 13.2 Å². The molecule has 28 heavy (non-hydrogen) atoms. The number of hydrogen-bond donors (Lipinski definition) is 1. The first-order chi connectivity index (χ1) is 13.3. The number of hydrogen-bond acceptors (Lipinski definition) is 4. The molecular formula is C20H25F3N4O. The zero-order valence-corrected chi connectivity index (χ0v) is 16.0. The van der Waals surface area contributed by atoms with Gasteiger partial charge in [-0.15, -0.1) is 13.2 Å². The molecular weight excluding hydrogens is 369 g/mol. The van der Waals surface area contributed by atoms with Crippen molar-refractivity contribution in [1.82, 2.24) is 20.0 Å².